The summed E-state index contributed by atoms with van der Waals surface area (Å²) in [4.78, 5) is 0. The molecule has 0 aromatic heterocycles. The molecule has 0 spiro atoms. The fraction of sp³-hybridized carbons (Fsp3) is 0.429. The first-order valence-electron chi connectivity index (χ1n) is 3.89. The van der Waals surface area contributed by atoms with Crippen molar-refractivity contribution >= 4 is 7.12 Å². The van der Waals surface area contributed by atoms with E-state index in [2.05, 4.69) is 4.74 Å². The number of halogens is 3. The van der Waals surface area contributed by atoms with Gasteiger partial charge in [0.1, 0.15) is 5.76 Å². The summed E-state index contributed by atoms with van der Waals surface area (Å²) in [7, 11) is -1.56. The van der Waals surface area contributed by atoms with Crippen LogP contribution in [0.25, 0.3) is 0 Å². The van der Waals surface area contributed by atoms with E-state index in [1.165, 1.54) is 6.08 Å². The predicted molar refractivity (Wildman–Crippen MR) is 42.9 cm³/mol. The van der Waals surface area contributed by atoms with Gasteiger partial charge in [0, 0.05) is 5.82 Å². The second-order valence-electron chi connectivity index (χ2n) is 2.83. The highest BCUT2D eigenvalue weighted by atomic mass is 19.4. The highest BCUT2D eigenvalue weighted by molar-refractivity contribution is 6.44. The second kappa shape index (κ2) is 4.06. The Morgan fingerprint density at radius 2 is 2.07 bits per heavy atom. The molecule has 0 aromatic rings. The highest BCUT2D eigenvalue weighted by Crippen LogP contribution is 2.27. The lowest BCUT2D eigenvalue weighted by molar-refractivity contribution is -0.303. The van der Waals surface area contributed by atoms with Crippen LogP contribution in [0.15, 0.2) is 24.0 Å². The van der Waals surface area contributed by atoms with Gasteiger partial charge in [-0.05, 0) is 18.6 Å². The molecular formula is C7H8BF3O3. The average molecular weight is 208 g/mol. The van der Waals surface area contributed by atoms with Crippen molar-refractivity contribution in [3.05, 3.63) is 24.0 Å². The maximum Gasteiger partial charge on any atom is 0.573 e. The van der Waals surface area contributed by atoms with Gasteiger partial charge in [-0.1, -0.05) is 6.08 Å². The van der Waals surface area contributed by atoms with Gasteiger partial charge in [-0.25, -0.2) is 0 Å². The van der Waals surface area contributed by atoms with Gasteiger partial charge in [-0.3, -0.25) is 0 Å². The first-order chi connectivity index (χ1) is 6.38. The molecule has 1 unspecified atom stereocenters. The molecular weight excluding hydrogens is 200 g/mol. The van der Waals surface area contributed by atoms with E-state index in [0.717, 1.165) is 12.2 Å². The van der Waals surface area contributed by atoms with Crippen LogP contribution in [0.2, 0.25) is 5.82 Å². The highest BCUT2D eigenvalue weighted by Gasteiger charge is 2.32. The van der Waals surface area contributed by atoms with Crippen LogP contribution in [0.5, 0.6) is 0 Å². The van der Waals surface area contributed by atoms with Gasteiger partial charge < -0.3 is 14.8 Å². The molecule has 1 atom stereocenters. The van der Waals surface area contributed by atoms with E-state index in [4.69, 9.17) is 10.0 Å². The lowest BCUT2D eigenvalue weighted by atomic mass is 9.69. The SMILES string of the molecule is OB(O)C1C=CC(OC(F)(F)F)=CC1. The van der Waals surface area contributed by atoms with Gasteiger partial charge in [-0.2, -0.15) is 0 Å². The number of hydrogen-bond donors (Lipinski definition) is 2. The van der Waals surface area contributed by atoms with Crippen molar-refractivity contribution < 1.29 is 28.0 Å². The van der Waals surface area contributed by atoms with Crippen LogP contribution in [-0.2, 0) is 4.74 Å². The predicted octanol–water partition coefficient (Wildman–Crippen LogP) is 1.21. The fourth-order valence-electron chi connectivity index (χ4n) is 1.05. The molecule has 7 heteroatoms. The van der Waals surface area contributed by atoms with Crippen molar-refractivity contribution in [3.8, 4) is 0 Å². The van der Waals surface area contributed by atoms with Crippen LogP contribution in [0.4, 0.5) is 13.2 Å². The zero-order valence-electron chi connectivity index (χ0n) is 7.03. The van der Waals surface area contributed by atoms with Crippen LogP contribution in [-0.4, -0.2) is 23.5 Å². The van der Waals surface area contributed by atoms with E-state index < -0.39 is 19.3 Å². The first kappa shape index (κ1) is 11.1. The topological polar surface area (TPSA) is 49.7 Å². The van der Waals surface area contributed by atoms with E-state index in [1.807, 2.05) is 0 Å². The quantitative estimate of drug-likeness (QED) is 0.670. The Morgan fingerprint density at radius 1 is 1.43 bits per heavy atom. The number of allylic oxidation sites excluding steroid dienone is 3. The Balaban J connectivity index is 2.51. The fourth-order valence-corrected chi connectivity index (χ4v) is 1.05. The summed E-state index contributed by atoms with van der Waals surface area (Å²) in [6, 6.07) is 0. The van der Waals surface area contributed by atoms with Crippen molar-refractivity contribution in [1.29, 1.82) is 0 Å². The van der Waals surface area contributed by atoms with Gasteiger partial charge in [0.25, 0.3) is 0 Å². The Bertz CT molecular complexity index is 259. The van der Waals surface area contributed by atoms with E-state index in [0.29, 0.717) is 0 Å². The maximum atomic E-state index is 11.7. The Hall–Kier alpha value is -0.945. The second-order valence-corrected chi connectivity index (χ2v) is 2.83. The van der Waals surface area contributed by atoms with Crippen LogP contribution in [0, 0.1) is 0 Å². The molecule has 1 rings (SSSR count). The van der Waals surface area contributed by atoms with Crippen molar-refractivity contribution in [2.75, 3.05) is 0 Å². The standard InChI is InChI=1S/C7H8BF3O3/c9-7(10,11)14-6-3-1-5(2-4-6)8(12)13/h1,3-5,12-13H,2H2. The Morgan fingerprint density at radius 3 is 2.43 bits per heavy atom. The van der Waals surface area contributed by atoms with Gasteiger partial charge in [0.15, 0.2) is 0 Å². The van der Waals surface area contributed by atoms with Crippen molar-refractivity contribution in [3.63, 3.8) is 0 Å². The van der Waals surface area contributed by atoms with Crippen LogP contribution < -0.4 is 0 Å². The summed E-state index contributed by atoms with van der Waals surface area (Å²) in [5.41, 5.74) is 0. The molecule has 1 aliphatic carbocycles. The molecule has 0 aromatic carbocycles. The average Bonchev–Trinajstić information content (AvgIpc) is 2.02. The summed E-state index contributed by atoms with van der Waals surface area (Å²) in [5, 5.41) is 17.4. The summed E-state index contributed by atoms with van der Waals surface area (Å²) < 4.78 is 38.7. The molecule has 3 nitrogen and oxygen atoms in total. The van der Waals surface area contributed by atoms with E-state index in [1.54, 1.807) is 0 Å². The smallest absolute Gasteiger partial charge is 0.427 e. The third kappa shape index (κ3) is 3.43. The summed E-state index contributed by atoms with van der Waals surface area (Å²) in [5.74, 6) is -0.898. The minimum absolute atomic E-state index is 0.111. The summed E-state index contributed by atoms with van der Waals surface area (Å²) in [6.45, 7) is 0. The molecule has 0 aliphatic heterocycles. The lowest BCUT2D eigenvalue weighted by Crippen LogP contribution is -2.20. The summed E-state index contributed by atoms with van der Waals surface area (Å²) in [6.07, 6.45) is -1.09. The van der Waals surface area contributed by atoms with Crippen LogP contribution in [0.3, 0.4) is 0 Å². The third-order valence-electron chi connectivity index (χ3n) is 1.72. The molecule has 0 fully saturated rings. The molecule has 1 aliphatic rings. The number of alkyl halides is 3. The largest absolute Gasteiger partial charge is 0.573 e. The molecule has 78 valence electrons. The number of rotatable bonds is 2. The molecule has 14 heavy (non-hydrogen) atoms. The van der Waals surface area contributed by atoms with Crippen molar-refractivity contribution in [1.82, 2.24) is 0 Å². The molecule has 0 heterocycles. The van der Waals surface area contributed by atoms with Crippen molar-refractivity contribution in [2.45, 2.75) is 18.6 Å². The van der Waals surface area contributed by atoms with Gasteiger partial charge in [0.05, 0.1) is 0 Å². The summed E-state index contributed by atoms with van der Waals surface area (Å²) >= 11 is 0. The van der Waals surface area contributed by atoms with E-state index >= 15 is 0 Å². The molecule has 0 amide bonds. The van der Waals surface area contributed by atoms with Crippen LogP contribution in [0.1, 0.15) is 6.42 Å². The van der Waals surface area contributed by atoms with E-state index in [9.17, 15) is 13.2 Å². The minimum Gasteiger partial charge on any atom is -0.427 e. The zero-order chi connectivity index (χ0) is 10.8. The molecule has 0 radical (unpaired) electrons. The monoisotopic (exact) mass is 208 g/mol. The normalized spacial score (nSPS) is 21.8. The lowest BCUT2D eigenvalue weighted by Gasteiger charge is -2.16. The molecule has 2 N–H and O–H groups in total. The number of ether oxygens (including phenoxy) is 1. The van der Waals surface area contributed by atoms with Crippen LogP contribution >= 0.6 is 0 Å². The van der Waals surface area contributed by atoms with Crippen molar-refractivity contribution in [2.24, 2.45) is 0 Å². The maximum absolute atomic E-state index is 11.7. The minimum atomic E-state index is -4.71. The van der Waals surface area contributed by atoms with Gasteiger partial charge >= 0.3 is 13.5 Å². The molecule has 0 saturated heterocycles. The Kier molecular flexibility index (Phi) is 3.23. The van der Waals surface area contributed by atoms with E-state index in [-0.39, 0.29) is 12.2 Å². The van der Waals surface area contributed by atoms with Gasteiger partial charge in [-0.15, -0.1) is 13.2 Å². The number of hydrogen-bond acceptors (Lipinski definition) is 3. The zero-order valence-corrected chi connectivity index (χ0v) is 7.03. The first-order valence-corrected chi connectivity index (χ1v) is 3.89. The van der Waals surface area contributed by atoms with Gasteiger partial charge in [0.2, 0.25) is 0 Å². The molecule has 0 bridgehead atoms. The Labute approximate surface area is 78.6 Å². The molecule has 0 saturated carbocycles. The third-order valence-corrected chi connectivity index (χ3v) is 1.72.